The summed E-state index contributed by atoms with van der Waals surface area (Å²) in [5.74, 6) is 0. The van der Waals surface area contributed by atoms with E-state index in [2.05, 4.69) is 15.6 Å². The molecule has 0 saturated heterocycles. The van der Waals surface area contributed by atoms with Crippen LogP contribution in [0.1, 0.15) is 24.4 Å². The molecule has 0 amide bonds. The van der Waals surface area contributed by atoms with Gasteiger partial charge in [0.1, 0.15) is 0 Å². The lowest BCUT2D eigenvalue weighted by molar-refractivity contribution is 0.766. The molecule has 1 aromatic heterocycles. The smallest absolute Gasteiger partial charge is 0.0992 e. The van der Waals surface area contributed by atoms with Crippen molar-refractivity contribution in [3.63, 3.8) is 0 Å². The number of rotatable bonds is 1. The maximum absolute atomic E-state index is 8.74. The van der Waals surface area contributed by atoms with Gasteiger partial charge in [0.05, 0.1) is 29.0 Å². The number of benzene rings is 1. The molecule has 3 rings (SSSR count). The van der Waals surface area contributed by atoms with Gasteiger partial charge >= 0.3 is 0 Å². The zero-order valence-corrected chi connectivity index (χ0v) is 7.64. The molecule has 0 N–H and O–H groups in total. The minimum absolute atomic E-state index is 0.646. The summed E-state index contributed by atoms with van der Waals surface area (Å²) in [6.07, 6.45) is 4.39. The molecule has 1 aliphatic carbocycles. The molecule has 1 aromatic carbocycles. The second-order valence-corrected chi connectivity index (χ2v) is 3.70. The van der Waals surface area contributed by atoms with Gasteiger partial charge in [-0.25, -0.2) is 4.98 Å². The van der Waals surface area contributed by atoms with E-state index in [1.807, 2.05) is 24.5 Å². The Balaban J connectivity index is 2.23. The second kappa shape index (κ2) is 2.58. The number of hydrogen-bond acceptors (Lipinski definition) is 2. The minimum atomic E-state index is 0.646. The van der Waals surface area contributed by atoms with Gasteiger partial charge in [-0.05, 0) is 31.0 Å². The van der Waals surface area contributed by atoms with Gasteiger partial charge in [-0.2, -0.15) is 5.26 Å². The van der Waals surface area contributed by atoms with Gasteiger partial charge in [0.25, 0.3) is 0 Å². The van der Waals surface area contributed by atoms with E-state index in [-0.39, 0.29) is 0 Å². The predicted octanol–water partition coefficient (Wildman–Crippen LogP) is 2.24. The lowest BCUT2D eigenvalue weighted by Gasteiger charge is -1.99. The van der Waals surface area contributed by atoms with Crippen LogP contribution in [0, 0.1) is 11.3 Å². The van der Waals surface area contributed by atoms with Crippen LogP contribution in [-0.4, -0.2) is 9.55 Å². The van der Waals surface area contributed by atoms with Crippen LogP contribution < -0.4 is 0 Å². The molecular formula is C11H9N3. The summed E-state index contributed by atoms with van der Waals surface area (Å²) in [5.41, 5.74) is 2.75. The Morgan fingerprint density at radius 1 is 1.43 bits per heavy atom. The molecular weight excluding hydrogens is 174 g/mol. The average molecular weight is 183 g/mol. The van der Waals surface area contributed by atoms with Crippen LogP contribution >= 0.6 is 0 Å². The first-order valence-corrected chi connectivity index (χ1v) is 4.75. The van der Waals surface area contributed by atoms with Crippen LogP contribution in [0.25, 0.3) is 11.0 Å². The van der Waals surface area contributed by atoms with E-state index < -0.39 is 0 Å². The molecule has 14 heavy (non-hydrogen) atoms. The maximum Gasteiger partial charge on any atom is 0.0992 e. The number of fused-ring (bicyclic) bond motifs is 1. The molecule has 0 aliphatic heterocycles. The third-order valence-electron chi connectivity index (χ3n) is 2.64. The molecule has 0 bridgehead atoms. The molecule has 3 heteroatoms. The highest BCUT2D eigenvalue weighted by molar-refractivity contribution is 5.77. The summed E-state index contributed by atoms with van der Waals surface area (Å²) in [4.78, 5) is 4.30. The first-order valence-electron chi connectivity index (χ1n) is 4.75. The summed E-state index contributed by atoms with van der Waals surface area (Å²) in [7, 11) is 0. The van der Waals surface area contributed by atoms with Crippen LogP contribution in [0.3, 0.4) is 0 Å². The first kappa shape index (κ1) is 7.57. The largest absolute Gasteiger partial charge is 0.327 e. The van der Waals surface area contributed by atoms with Crippen molar-refractivity contribution >= 4 is 11.0 Å². The fourth-order valence-corrected chi connectivity index (χ4v) is 1.75. The van der Waals surface area contributed by atoms with Crippen molar-refractivity contribution < 1.29 is 0 Å². The Bertz CT molecular complexity index is 529. The van der Waals surface area contributed by atoms with Gasteiger partial charge in [-0.3, -0.25) is 0 Å². The van der Waals surface area contributed by atoms with Gasteiger partial charge in [-0.15, -0.1) is 0 Å². The van der Waals surface area contributed by atoms with E-state index >= 15 is 0 Å². The van der Waals surface area contributed by atoms with Gasteiger partial charge in [0.15, 0.2) is 0 Å². The monoisotopic (exact) mass is 183 g/mol. The van der Waals surface area contributed by atoms with Crippen LogP contribution in [0.5, 0.6) is 0 Å². The highest BCUT2D eigenvalue weighted by Crippen LogP contribution is 2.36. The summed E-state index contributed by atoms with van der Waals surface area (Å²) in [5, 5.41) is 8.74. The zero-order valence-electron chi connectivity index (χ0n) is 7.64. The van der Waals surface area contributed by atoms with Crippen molar-refractivity contribution in [1.29, 1.82) is 5.26 Å². The Kier molecular flexibility index (Phi) is 1.40. The van der Waals surface area contributed by atoms with Crippen LogP contribution in [0.4, 0.5) is 0 Å². The van der Waals surface area contributed by atoms with Gasteiger partial charge in [0.2, 0.25) is 0 Å². The Labute approximate surface area is 81.6 Å². The molecule has 0 radical (unpaired) electrons. The molecule has 1 saturated carbocycles. The van der Waals surface area contributed by atoms with Crippen LogP contribution in [0.15, 0.2) is 24.5 Å². The Morgan fingerprint density at radius 3 is 3.00 bits per heavy atom. The van der Waals surface area contributed by atoms with E-state index in [1.54, 1.807) is 0 Å². The van der Waals surface area contributed by atoms with Crippen molar-refractivity contribution in [2.24, 2.45) is 0 Å². The topological polar surface area (TPSA) is 41.6 Å². The predicted molar refractivity (Wildman–Crippen MR) is 52.7 cm³/mol. The number of hydrogen-bond donors (Lipinski definition) is 0. The highest BCUT2D eigenvalue weighted by Gasteiger charge is 2.24. The van der Waals surface area contributed by atoms with Crippen molar-refractivity contribution in [2.45, 2.75) is 18.9 Å². The van der Waals surface area contributed by atoms with E-state index in [4.69, 9.17) is 5.26 Å². The van der Waals surface area contributed by atoms with Gasteiger partial charge < -0.3 is 4.57 Å². The van der Waals surface area contributed by atoms with E-state index in [9.17, 15) is 0 Å². The zero-order chi connectivity index (χ0) is 9.54. The molecule has 0 spiro atoms. The third kappa shape index (κ3) is 1.01. The van der Waals surface area contributed by atoms with Crippen molar-refractivity contribution in [2.75, 3.05) is 0 Å². The maximum atomic E-state index is 8.74. The average Bonchev–Trinajstić information content (AvgIpc) is 2.98. The summed E-state index contributed by atoms with van der Waals surface area (Å²) in [6, 6.07) is 8.45. The first-order chi connectivity index (χ1) is 6.88. The van der Waals surface area contributed by atoms with E-state index in [0.29, 0.717) is 11.6 Å². The number of aromatic nitrogens is 2. The minimum Gasteiger partial charge on any atom is -0.327 e. The van der Waals surface area contributed by atoms with Gasteiger partial charge in [0, 0.05) is 6.04 Å². The summed E-state index contributed by atoms with van der Waals surface area (Å²) in [6.45, 7) is 0. The Hall–Kier alpha value is -1.82. The summed E-state index contributed by atoms with van der Waals surface area (Å²) < 4.78 is 2.20. The molecule has 68 valence electrons. The van der Waals surface area contributed by atoms with E-state index in [1.165, 1.54) is 12.8 Å². The van der Waals surface area contributed by atoms with Crippen molar-refractivity contribution in [3.05, 3.63) is 30.1 Å². The fourth-order valence-electron chi connectivity index (χ4n) is 1.75. The molecule has 2 aromatic rings. The number of nitriles is 1. The number of nitrogens with zero attached hydrogens (tertiary/aromatic N) is 3. The standard InChI is InChI=1S/C11H9N3/c12-6-8-1-4-11-10(5-8)13-7-14(11)9-2-3-9/h1,4-5,7,9H,2-3H2. The lowest BCUT2D eigenvalue weighted by Crippen LogP contribution is -1.89. The molecule has 0 unspecified atom stereocenters. The van der Waals surface area contributed by atoms with Crippen LogP contribution in [-0.2, 0) is 0 Å². The van der Waals surface area contributed by atoms with E-state index in [0.717, 1.165) is 11.0 Å². The van der Waals surface area contributed by atoms with Crippen molar-refractivity contribution in [1.82, 2.24) is 9.55 Å². The highest BCUT2D eigenvalue weighted by atomic mass is 15.1. The number of imidazole rings is 1. The molecule has 1 aliphatic rings. The molecule has 0 atom stereocenters. The lowest BCUT2D eigenvalue weighted by atomic mass is 10.2. The van der Waals surface area contributed by atoms with Crippen molar-refractivity contribution in [3.8, 4) is 6.07 Å². The fraction of sp³-hybridized carbons (Fsp3) is 0.273. The quantitative estimate of drug-likeness (QED) is 0.680. The third-order valence-corrected chi connectivity index (χ3v) is 2.64. The molecule has 1 fully saturated rings. The van der Waals surface area contributed by atoms with Gasteiger partial charge in [-0.1, -0.05) is 0 Å². The normalized spacial score (nSPS) is 15.6. The molecule has 3 nitrogen and oxygen atoms in total. The Morgan fingerprint density at radius 2 is 2.29 bits per heavy atom. The van der Waals surface area contributed by atoms with Crippen LogP contribution in [0.2, 0.25) is 0 Å². The second-order valence-electron chi connectivity index (χ2n) is 3.70. The SMILES string of the molecule is N#Cc1ccc2c(c1)ncn2C1CC1. The molecule has 1 heterocycles. The summed E-state index contributed by atoms with van der Waals surface area (Å²) >= 11 is 0.